The zero-order valence-electron chi connectivity index (χ0n) is 21.3. The van der Waals surface area contributed by atoms with Crippen LogP contribution < -0.4 is 24.9 Å². The van der Waals surface area contributed by atoms with Gasteiger partial charge in [-0.2, -0.15) is 9.97 Å². The van der Waals surface area contributed by atoms with Gasteiger partial charge in [0, 0.05) is 77.9 Å². The molecule has 2 saturated heterocycles. The normalized spacial score (nSPS) is 15.4. The van der Waals surface area contributed by atoms with E-state index >= 15 is 0 Å². The van der Waals surface area contributed by atoms with Crippen LogP contribution in [-0.4, -0.2) is 79.3 Å². The molecule has 2 aliphatic rings. The van der Waals surface area contributed by atoms with Gasteiger partial charge in [0.05, 0.1) is 0 Å². The van der Waals surface area contributed by atoms with Gasteiger partial charge in [0.25, 0.3) is 0 Å². The van der Waals surface area contributed by atoms with E-state index in [4.69, 9.17) is 9.97 Å². The van der Waals surface area contributed by atoms with Gasteiger partial charge in [-0.25, -0.2) is 9.97 Å². The van der Waals surface area contributed by atoms with Gasteiger partial charge in [-0.3, -0.25) is 0 Å². The molecule has 0 bridgehead atoms. The van der Waals surface area contributed by atoms with Gasteiger partial charge >= 0.3 is 0 Å². The van der Waals surface area contributed by atoms with E-state index in [1.165, 1.54) is 25.7 Å². The molecule has 0 aliphatic carbocycles. The smallest absolute Gasteiger partial charge is 0.229 e. The minimum Gasteiger partial charge on any atom is -0.368 e. The second kappa shape index (κ2) is 11.9. The van der Waals surface area contributed by atoms with Gasteiger partial charge in [-0.15, -0.1) is 0 Å². The zero-order valence-corrected chi connectivity index (χ0v) is 21.3. The van der Waals surface area contributed by atoms with E-state index < -0.39 is 0 Å². The predicted octanol–water partition coefficient (Wildman–Crippen LogP) is 3.52. The van der Waals surface area contributed by atoms with Gasteiger partial charge in [0.2, 0.25) is 5.95 Å². The summed E-state index contributed by atoms with van der Waals surface area (Å²) in [5, 5.41) is 3.59. The fraction of sp³-hybridized carbons (Fsp3) is 0.481. The first-order chi connectivity index (χ1) is 17.8. The number of pyridine rings is 2. The Kier molecular flexibility index (Phi) is 7.95. The summed E-state index contributed by atoms with van der Waals surface area (Å²) >= 11 is 0. The van der Waals surface area contributed by atoms with Crippen LogP contribution in [0.4, 0.5) is 29.2 Å². The van der Waals surface area contributed by atoms with E-state index in [0.29, 0.717) is 0 Å². The number of nitrogens with zero attached hydrogens (tertiary/aromatic N) is 8. The Bertz CT molecular complexity index is 1030. The van der Waals surface area contributed by atoms with E-state index in [1.54, 1.807) is 0 Å². The van der Waals surface area contributed by atoms with Crippen molar-refractivity contribution in [3.05, 3.63) is 54.9 Å². The lowest BCUT2D eigenvalue weighted by Crippen LogP contribution is -2.37. The predicted molar refractivity (Wildman–Crippen MR) is 147 cm³/mol. The van der Waals surface area contributed by atoms with Gasteiger partial charge < -0.3 is 24.9 Å². The number of aromatic nitrogens is 4. The summed E-state index contributed by atoms with van der Waals surface area (Å²) < 4.78 is 0. The third kappa shape index (κ3) is 6.13. The molecule has 2 fully saturated rings. The maximum absolute atomic E-state index is 4.93. The molecule has 9 heteroatoms. The second-order valence-corrected chi connectivity index (χ2v) is 9.51. The summed E-state index contributed by atoms with van der Waals surface area (Å²) in [6, 6.07) is 14.2. The first-order valence-corrected chi connectivity index (χ1v) is 13.2. The monoisotopic (exact) mass is 487 g/mol. The summed E-state index contributed by atoms with van der Waals surface area (Å²) in [7, 11) is 2.08. The number of anilines is 5. The van der Waals surface area contributed by atoms with E-state index in [1.807, 2.05) is 42.7 Å². The van der Waals surface area contributed by atoms with Crippen molar-refractivity contribution in [2.24, 2.45) is 0 Å². The minimum absolute atomic E-state index is 0.764. The Labute approximate surface area is 214 Å². The second-order valence-electron chi connectivity index (χ2n) is 9.51. The van der Waals surface area contributed by atoms with E-state index in [-0.39, 0.29) is 0 Å². The van der Waals surface area contributed by atoms with E-state index in [9.17, 15) is 0 Å². The van der Waals surface area contributed by atoms with Crippen LogP contribution >= 0.6 is 0 Å². The molecule has 0 unspecified atom stereocenters. The van der Waals surface area contributed by atoms with E-state index in [2.05, 4.69) is 54.1 Å². The van der Waals surface area contributed by atoms with Crippen LogP contribution in [0.2, 0.25) is 0 Å². The summed E-state index contributed by atoms with van der Waals surface area (Å²) in [5.74, 6) is 4.76. The minimum atomic E-state index is 0.764. The fourth-order valence-electron chi connectivity index (χ4n) is 4.84. The first-order valence-electron chi connectivity index (χ1n) is 13.2. The van der Waals surface area contributed by atoms with Crippen molar-refractivity contribution in [2.45, 2.75) is 25.7 Å². The van der Waals surface area contributed by atoms with Gasteiger partial charge in [-0.1, -0.05) is 12.1 Å². The summed E-state index contributed by atoms with van der Waals surface area (Å²) in [6.07, 6.45) is 8.59. The molecule has 0 atom stereocenters. The molecule has 0 amide bonds. The maximum atomic E-state index is 4.93. The van der Waals surface area contributed by atoms with Gasteiger partial charge in [0.1, 0.15) is 23.3 Å². The van der Waals surface area contributed by atoms with Crippen LogP contribution in [0.1, 0.15) is 25.7 Å². The van der Waals surface area contributed by atoms with Gasteiger partial charge in [0.15, 0.2) is 0 Å². The summed E-state index contributed by atoms with van der Waals surface area (Å²) in [5.41, 5.74) is 0. The van der Waals surface area contributed by atoms with Crippen LogP contribution in [0.25, 0.3) is 0 Å². The van der Waals surface area contributed by atoms with Crippen LogP contribution in [-0.2, 0) is 0 Å². The quantitative estimate of drug-likeness (QED) is 0.437. The molecule has 0 aromatic carbocycles. The number of likely N-dealkylation sites (N-methyl/N-ethyl adjacent to an activating group) is 1. The van der Waals surface area contributed by atoms with Gasteiger partial charge in [-0.05, 0) is 49.9 Å². The topological polar surface area (TPSA) is 76.6 Å². The molecule has 9 nitrogen and oxygen atoms in total. The fourth-order valence-corrected chi connectivity index (χ4v) is 4.84. The maximum Gasteiger partial charge on any atom is 0.229 e. The highest BCUT2D eigenvalue weighted by molar-refractivity contribution is 5.55. The summed E-state index contributed by atoms with van der Waals surface area (Å²) in [4.78, 5) is 28.1. The zero-order chi connectivity index (χ0) is 24.6. The highest BCUT2D eigenvalue weighted by atomic mass is 15.3. The molecule has 2 aliphatic heterocycles. The molecular weight excluding hydrogens is 450 g/mol. The summed E-state index contributed by atoms with van der Waals surface area (Å²) in [6.45, 7) is 7.50. The molecule has 36 heavy (non-hydrogen) atoms. The Balaban J connectivity index is 1.25. The molecule has 3 aromatic rings. The van der Waals surface area contributed by atoms with Crippen molar-refractivity contribution in [2.75, 3.05) is 84.3 Å². The Morgan fingerprint density at radius 3 is 2.11 bits per heavy atom. The van der Waals surface area contributed by atoms with Crippen molar-refractivity contribution in [3.8, 4) is 0 Å². The largest absolute Gasteiger partial charge is 0.368 e. The number of rotatable bonds is 11. The molecule has 1 N–H and O–H groups in total. The van der Waals surface area contributed by atoms with Crippen molar-refractivity contribution in [1.82, 2.24) is 19.9 Å². The molecule has 190 valence electrons. The highest BCUT2D eigenvalue weighted by Gasteiger charge is 2.20. The number of nitrogens with one attached hydrogen (secondary N) is 1. The number of hydrogen-bond donors (Lipinski definition) is 1. The third-order valence-electron chi connectivity index (χ3n) is 6.93. The molecule has 0 spiro atoms. The lowest BCUT2D eigenvalue weighted by molar-refractivity contribution is 0.753. The van der Waals surface area contributed by atoms with Crippen LogP contribution in [0, 0.1) is 0 Å². The van der Waals surface area contributed by atoms with Crippen molar-refractivity contribution in [1.29, 1.82) is 0 Å². The SMILES string of the molecule is CN(CCN(CCNc1cc(N2CCCC2)nc(N2CCCC2)n1)c1ccccn1)c1ccccn1. The molecular formula is C27H37N9. The average molecular weight is 488 g/mol. The lowest BCUT2D eigenvalue weighted by Gasteiger charge is -2.27. The molecule has 3 aromatic heterocycles. The van der Waals surface area contributed by atoms with Crippen LogP contribution in [0.15, 0.2) is 54.9 Å². The molecule has 0 radical (unpaired) electrons. The Hall–Kier alpha value is -3.62. The Morgan fingerprint density at radius 1 is 0.778 bits per heavy atom. The average Bonchev–Trinajstić information content (AvgIpc) is 3.66. The lowest BCUT2D eigenvalue weighted by atomic mass is 10.3. The van der Waals surface area contributed by atoms with Crippen molar-refractivity contribution < 1.29 is 0 Å². The van der Waals surface area contributed by atoms with Crippen molar-refractivity contribution >= 4 is 29.2 Å². The first kappa shape index (κ1) is 24.1. The van der Waals surface area contributed by atoms with Crippen LogP contribution in [0.5, 0.6) is 0 Å². The highest BCUT2D eigenvalue weighted by Crippen LogP contribution is 2.25. The van der Waals surface area contributed by atoms with Crippen LogP contribution in [0.3, 0.4) is 0 Å². The van der Waals surface area contributed by atoms with E-state index in [0.717, 1.165) is 81.6 Å². The molecule has 5 heterocycles. The Morgan fingerprint density at radius 2 is 1.44 bits per heavy atom. The van der Waals surface area contributed by atoms with Crippen molar-refractivity contribution in [3.63, 3.8) is 0 Å². The standard InChI is InChI=1S/C27H37N9/c1-33(24-10-2-4-12-29-24)20-21-35(25-11-3-5-13-30-25)19-14-28-23-22-26(34-15-6-7-16-34)32-27(31-23)36-17-8-9-18-36/h2-5,10-13,22H,6-9,14-21H2,1H3,(H,28,31,32). The molecule has 5 rings (SSSR count). The molecule has 0 saturated carbocycles. The number of hydrogen-bond acceptors (Lipinski definition) is 9. The third-order valence-corrected chi connectivity index (χ3v) is 6.93.